The maximum absolute atomic E-state index is 11.7. The first-order chi connectivity index (χ1) is 9.58. The Labute approximate surface area is 117 Å². The molecule has 2 heterocycles. The summed E-state index contributed by atoms with van der Waals surface area (Å²) in [4.78, 5) is 20.0. The molecule has 0 aliphatic rings. The molecule has 0 aliphatic heterocycles. The van der Waals surface area contributed by atoms with Crippen LogP contribution in [0.4, 0.5) is 5.82 Å². The average molecular weight is 277 g/mol. The van der Waals surface area contributed by atoms with Crippen molar-refractivity contribution in [2.24, 2.45) is 0 Å². The van der Waals surface area contributed by atoms with E-state index in [1.54, 1.807) is 12.5 Å². The molecule has 0 fully saturated rings. The van der Waals surface area contributed by atoms with E-state index < -0.39 is 5.97 Å². The van der Waals surface area contributed by atoms with E-state index in [0.717, 1.165) is 5.82 Å². The molecule has 0 aliphatic carbocycles. The van der Waals surface area contributed by atoms with Crippen LogP contribution in [-0.4, -0.2) is 32.2 Å². The summed E-state index contributed by atoms with van der Waals surface area (Å²) in [6, 6.07) is 0.0602. The number of aromatic nitrogens is 4. The molecule has 2 N–H and O–H groups in total. The molecule has 0 saturated heterocycles. The van der Waals surface area contributed by atoms with Crippen molar-refractivity contribution < 1.29 is 9.53 Å². The molecule has 0 aromatic carbocycles. The highest BCUT2D eigenvalue weighted by molar-refractivity contribution is 5.92. The van der Waals surface area contributed by atoms with Crippen LogP contribution < -0.4 is 5.73 Å². The smallest absolute Gasteiger partial charge is 0.360 e. The van der Waals surface area contributed by atoms with Gasteiger partial charge in [-0.25, -0.2) is 14.8 Å². The molecule has 20 heavy (non-hydrogen) atoms. The first kappa shape index (κ1) is 14.1. The van der Waals surface area contributed by atoms with Crippen LogP contribution in [0.2, 0.25) is 0 Å². The molecule has 0 spiro atoms. The third-order valence-corrected chi connectivity index (χ3v) is 3.19. The van der Waals surface area contributed by atoms with Gasteiger partial charge in [0, 0.05) is 25.4 Å². The molecule has 2 rings (SSSR count). The lowest BCUT2D eigenvalue weighted by molar-refractivity contribution is 0.0595. The molecular weight excluding hydrogens is 258 g/mol. The molecule has 1 unspecified atom stereocenters. The molecule has 7 nitrogen and oxygen atoms in total. The Morgan fingerprint density at radius 3 is 2.85 bits per heavy atom. The summed E-state index contributed by atoms with van der Waals surface area (Å²) < 4.78 is 8.55. The van der Waals surface area contributed by atoms with Gasteiger partial charge in [0.15, 0.2) is 5.69 Å². The maximum atomic E-state index is 11.7. The lowest BCUT2D eigenvalue weighted by Gasteiger charge is -2.18. The summed E-state index contributed by atoms with van der Waals surface area (Å²) in [5, 5.41) is 0. The number of hydrogen-bond acceptors (Lipinski definition) is 5. The minimum Gasteiger partial charge on any atom is -0.464 e. The van der Waals surface area contributed by atoms with E-state index in [1.807, 2.05) is 29.2 Å². The largest absolute Gasteiger partial charge is 0.464 e. The summed E-state index contributed by atoms with van der Waals surface area (Å²) in [6.07, 6.45) is 6.05. The van der Waals surface area contributed by atoms with Crippen LogP contribution >= 0.6 is 0 Å². The lowest BCUT2D eigenvalue weighted by Crippen LogP contribution is -2.17. The number of esters is 1. The molecule has 0 amide bonds. The fraction of sp³-hybridized carbons (Fsp3) is 0.462. The van der Waals surface area contributed by atoms with Gasteiger partial charge in [0.05, 0.1) is 19.5 Å². The van der Waals surface area contributed by atoms with E-state index in [-0.39, 0.29) is 11.7 Å². The number of nitrogen functional groups attached to an aromatic ring is 1. The Bertz CT molecular complexity index is 588. The van der Waals surface area contributed by atoms with Crippen molar-refractivity contribution in [1.82, 2.24) is 19.1 Å². The standard InChI is InChI=1S/C13H19N5O2/c1-4-10-16-11(13(19)20-3)12(14)18(10)9(2)7-17-6-5-15-8-17/h5-6,8-9H,4,7,14H2,1-3H3. The van der Waals surface area contributed by atoms with Crippen molar-refractivity contribution in [3.05, 3.63) is 30.2 Å². The number of imidazole rings is 2. The molecule has 0 saturated carbocycles. The topological polar surface area (TPSA) is 88.0 Å². The van der Waals surface area contributed by atoms with Gasteiger partial charge in [-0.2, -0.15) is 0 Å². The van der Waals surface area contributed by atoms with Crippen LogP contribution in [0.25, 0.3) is 0 Å². The van der Waals surface area contributed by atoms with Crippen molar-refractivity contribution in [2.45, 2.75) is 32.9 Å². The van der Waals surface area contributed by atoms with Gasteiger partial charge >= 0.3 is 5.97 Å². The van der Waals surface area contributed by atoms with Crippen molar-refractivity contribution >= 4 is 11.8 Å². The van der Waals surface area contributed by atoms with Gasteiger partial charge in [-0.3, -0.25) is 0 Å². The summed E-state index contributed by atoms with van der Waals surface area (Å²) in [7, 11) is 1.32. The number of nitrogens with two attached hydrogens (primary N) is 1. The van der Waals surface area contributed by atoms with Crippen LogP contribution in [0, 0.1) is 0 Å². The van der Waals surface area contributed by atoms with Crippen molar-refractivity contribution in [1.29, 1.82) is 0 Å². The quantitative estimate of drug-likeness (QED) is 0.831. The van der Waals surface area contributed by atoms with E-state index in [9.17, 15) is 4.79 Å². The number of ether oxygens (including phenoxy) is 1. The number of hydrogen-bond donors (Lipinski definition) is 1. The number of anilines is 1. The molecule has 0 radical (unpaired) electrons. The molecule has 1 atom stereocenters. The average Bonchev–Trinajstić information content (AvgIpc) is 3.05. The summed E-state index contributed by atoms with van der Waals surface area (Å²) in [5.74, 6) is 0.614. The number of carbonyl (C=O) groups excluding carboxylic acids is 1. The predicted molar refractivity (Wildman–Crippen MR) is 74.3 cm³/mol. The minimum atomic E-state index is -0.509. The van der Waals surface area contributed by atoms with Crippen LogP contribution in [0.5, 0.6) is 0 Å². The van der Waals surface area contributed by atoms with E-state index >= 15 is 0 Å². The minimum absolute atomic E-state index is 0.0602. The van der Waals surface area contributed by atoms with E-state index in [1.165, 1.54) is 7.11 Å². The number of carbonyl (C=O) groups is 1. The van der Waals surface area contributed by atoms with E-state index in [2.05, 4.69) is 9.97 Å². The summed E-state index contributed by atoms with van der Waals surface area (Å²) in [5.41, 5.74) is 6.24. The number of nitrogens with zero attached hydrogens (tertiary/aromatic N) is 4. The highest BCUT2D eigenvalue weighted by Gasteiger charge is 2.23. The molecule has 2 aromatic rings. The van der Waals surface area contributed by atoms with Crippen LogP contribution in [-0.2, 0) is 17.7 Å². The van der Waals surface area contributed by atoms with Crippen LogP contribution in [0.1, 0.15) is 36.2 Å². The number of rotatable bonds is 5. The maximum Gasteiger partial charge on any atom is 0.360 e. The van der Waals surface area contributed by atoms with Gasteiger partial charge in [0.25, 0.3) is 0 Å². The van der Waals surface area contributed by atoms with Gasteiger partial charge in [-0.15, -0.1) is 0 Å². The van der Waals surface area contributed by atoms with E-state index in [0.29, 0.717) is 18.8 Å². The first-order valence-electron chi connectivity index (χ1n) is 6.49. The van der Waals surface area contributed by atoms with Crippen molar-refractivity contribution in [2.75, 3.05) is 12.8 Å². The van der Waals surface area contributed by atoms with Crippen molar-refractivity contribution in [3.8, 4) is 0 Å². The summed E-state index contributed by atoms with van der Waals surface area (Å²) in [6.45, 7) is 4.70. The van der Waals surface area contributed by atoms with Crippen LogP contribution in [0.15, 0.2) is 18.7 Å². The molecule has 108 valence electrons. The second-order valence-corrected chi connectivity index (χ2v) is 4.59. The Morgan fingerprint density at radius 1 is 1.55 bits per heavy atom. The normalized spacial score (nSPS) is 12.3. The third-order valence-electron chi connectivity index (χ3n) is 3.19. The van der Waals surface area contributed by atoms with Gasteiger partial charge in [-0.05, 0) is 6.92 Å². The zero-order valence-corrected chi connectivity index (χ0v) is 11.9. The zero-order chi connectivity index (χ0) is 14.7. The molecule has 2 aromatic heterocycles. The number of methoxy groups -OCH3 is 1. The van der Waals surface area contributed by atoms with Gasteiger partial charge < -0.3 is 19.6 Å². The predicted octanol–water partition coefficient (Wildman–Crippen LogP) is 1.27. The first-order valence-corrected chi connectivity index (χ1v) is 6.49. The fourth-order valence-corrected chi connectivity index (χ4v) is 2.26. The van der Waals surface area contributed by atoms with Crippen LogP contribution in [0.3, 0.4) is 0 Å². The zero-order valence-electron chi connectivity index (χ0n) is 11.9. The Kier molecular flexibility index (Phi) is 4.07. The SMILES string of the molecule is CCc1nc(C(=O)OC)c(N)n1C(C)Cn1ccnc1. The monoisotopic (exact) mass is 277 g/mol. The second-order valence-electron chi connectivity index (χ2n) is 4.59. The van der Waals surface area contributed by atoms with Gasteiger partial charge in [-0.1, -0.05) is 6.92 Å². The number of aryl methyl sites for hydroxylation is 1. The lowest BCUT2D eigenvalue weighted by atomic mass is 10.3. The van der Waals surface area contributed by atoms with Crippen molar-refractivity contribution in [3.63, 3.8) is 0 Å². The van der Waals surface area contributed by atoms with Gasteiger partial charge in [0.2, 0.25) is 0 Å². The summed E-state index contributed by atoms with van der Waals surface area (Å²) >= 11 is 0. The highest BCUT2D eigenvalue weighted by Crippen LogP contribution is 2.22. The Hall–Kier alpha value is -2.31. The van der Waals surface area contributed by atoms with E-state index in [4.69, 9.17) is 10.5 Å². The highest BCUT2D eigenvalue weighted by atomic mass is 16.5. The molecular formula is C13H19N5O2. The fourth-order valence-electron chi connectivity index (χ4n) is 2.26. The van der Waals surface area contributed by atoms with Gasteiger partial charge in [0.1, 0.15) is 11.6 Å². The third kappa shape index (κ3) is 2.52. The molecule has 0 bridgehead atoms. The Balaban J connectivity index is 2.34. The Morgan fingerprint density at radius 2 is 2.30 bits per heavy atom. The second kappa shape index (κ2) is 5.77. The molecule has 7 heteroatoms.